The zero-order valence-electron chi connectivity index (χ0n) is 11.1. The van der Waals surface area contributed by atoms with Gasteiger partial charge in [0, 0.05) is 13.1 Å². The maximum atomic E-state index is 6.19. The maximum absolute atomic E-state index is 6.19. The molecule has 6 nitrogen and oxygen atoms in total. The van der Waals surface area contributed by atoms with E-state index in [1.165, 1.54) is 0 Å². The van der Waals surface area contributed by atoms with E-state index in [1.54, 1.807) is 24.1 Å². The Bertz CT molecular complexity index is 520. The molecule has 0 aliphatic carbocycles. The van der Waals surface area contributed by atoms with Crippen molar-refractivity contribution in [3.8, 4) is 5.88 Å². The van der Waals surface area contributed by atoms with Gasteiger partial charge in [0.05, 0.1) is 35.8 Å². The minimum Gasteiger partial charge on any atom is -0.480 e. The number of hydrogen-bond acceptors (Lipinski definition) is 5. The predicted octanol–water partition coefficient (Wildman–Crippen LogP) is 1.57. The average Bonchev–Trinajstić information content (AvgIpc) is 2.76. The largest absolute Gasteiger partial charge is 0.480 e. The van der Waals surface area contributed by atoms with E-state index in [1.807, 2.05) is 20.0 Å². The van der Waals surface area contributed by atoms with Crippen LogP contribution < -0.4 is 10.1 Å². The lowest BCUT2D eigenvalue weighted by molar-refractivity contribution is 0.390. The first-order chi connectivity index (χ1) is 9.17. The van der Waals surface area contributed by atoms with Crippen molar-refractivity contribution in [3.63, 3.8) is 0 Å². The normalized spacial score (nSPS) is 12.4. The molecule has 1 N–H and O–H groups in total. The van der Waals surface area contributed by atoms with Crippen LogP contribution in [-0.2, 0) is 7.05 Å². The van der Waals surface area contributed by atoms with Crippen molar-refractivity contribution in [3.05, 3.63) is 34.7 Å². The molecule has 0 saturated heterocycles. The van der Waals surface area contributed by atoms with Gasteiger partial charge in [-0.2, -0.15) is 5.10 Å². The van der Waals surface area contributed by atoms with Crippen LogP contribution in [0.15, 0.2) is 18.3 Å². The Hall–Kier alpha value is -1.66. The molecule has 2 rings (SSSR count). The van der Waals surface area contributed by atoms with Gasteiger partial charge >= 0.3 is 0 Å². The summed E-state index contributed by atoms with van der Waals surface area (Å²) < 4.78 is 6.75. The minimum atomic E-state index is -0.150. The zero-order chi connectivity index (χ0) is 13.8. The van der Waals surface area contributed by atoms with Crippen LogP contribution in [0.4, 0.5) is 0 Å². The van der Waals surface area contributed by atoms with E-state index in [4.69, 9.17) is 16.3 Å². The van der Waals surface area contributed by atoms with Crippen molar-refractivity contribution in [1.29, 1.82) is 0 Å². The molecule has 7 heteroatoms. The SMILES string of the molecule is CCNC(c1ccc(OC)nn1)c1c(Cl)cnn1C. The molecule has 0 amide bonds. The predicted molar refractivity (Wildman–Crippen MR) is 72.3 cm³/mol. The molecule has 0 saturated carbocycles. The zero-order valence-corrected chi connectivity index (χ0v) is 11.8. The number of hydrogen-bond donors (Lipinski definition) is 1. The van der Waals surface area contributed by atoms with Crippen molar-refractivity contribution < 1.29 is 4.74 Å². The number of rotatable bonds is 5. The first kappa shape index (κ1) is 13.8. The molecule has 0 aliphatic heterocycles. The lowest BCUT2D eigenvalue weighted by Crippen LogP contribution is -2.25. The summed E-state index contributed by atoms with van der Waals surface area (Å²) in [5.41, 5.74) is 1.64. The lowest BCUT2D eigenvalue weighted by Gasteiger charge is -2.17. The molecule has 0 aromatic carbocycles. The number of aryl methyl sites for hydroxylation is 1. The highest BCUT2D eigenvalue weighted by Crippen LogP contribution is 2.26. The van der Waals surface area contributed by atoms with Crippen LogP contribution in [0.2, 0.25) is 5.02 Å². The number of nitrogens with zero attached hydrogens (tertiary/aromatic N) is 4. The number of ether oxygens (including phenoxy) is 1. The van der Waals surface area contributed by atoms with E-state index in [0.717, 1.165) is 17.9 Å². The summed E-state index contributed by atoms with van der Waals surface area (Å²) in [5, 5.41) is 16.2. The van der Waals surface area contributed by atoms with Crippen LogP contribution >= 0.6 is 11.6 Å². The fraction of sp³-hybridized carbons (Fsp3) is 0.417. The maximum Gasteiger partial charge on any atom is 0.233 e. The molecule has 0 bridgehead atoms. The Morgan fingerprint density at radius 3 is 2.68 bits per heavy atom. The highest BCUT2D eigenvalue weighted by molar-refractivity contribution is 6.31. The van der Waals surface area contributed by atoms with Gasteiger partial charge in [-0.05, 0) is 12.6 Å². The molecule has 0 spiro atoms. The fourth-order valence-corrected chi connectivity index (χ4v) is 2.16. The van der Waals surface area contributed by atoms with Crippen molar-refractivity contribution in [2.45, 2.75) is 13.0 Å². The summed E-state index contributed by atoms with van der Waals surface area (Å²) in [7, 11) is 3.41. The molecule has 19 heavy (non-hydrogen) atoms. The first-order valence-corrected chi connectivity index (χ1v) is 6.33. The molecule has 1 atom stereocenters. The Morgan fingerprint density at radius 1 is 1.42 bits per heavy atom. The minimum absolute atomic E-state index is 0.150. The smallest absolute Gasteiger partial charge is 0.233 e. The summed E-state index contributed by atoms with van der Waals surface area (Å²) in [6, 6.07) is 3.49. The highest BCUT2D eigenvalue weighted by atomic mass is 35.5. The molecule has 2 aromatic rings. The third-order valence-corrected chi connectivity index (χ3v) is 3.08. The van der Waals surface area contributed by atoms with E-state index in [-0.39, 0.29) is 6.04 Å². The Kier molecular flexibility index (Phi) is 4.34. The standard InChI is InChI=1S/C12H16ClN5O/c1-4-14-11(12-8(13)7-15-18(12)2)9-5-6-10(19-3)17-16-9/h5-7,11,14H,4H2,1-3H3. The van der Waals surface area contributed by atoms with Crippen LogP contribution in [0.5, 0.6) is 5.88 Å². The topological polar surface area (TPSA) is 64.9 Å². The molecule has 2 aromatic heterocycles. The number of methoxy groups -OCH3 is 1. The van der Waals surface area contributed by atoms with Gasteiger partial charge in [0.25, 0.3) is 0 Å². The molecule has 0 aliphatic rings. The van der Waals surface area contributed by atoms with Crippen LogP contribution in [0.25, 0.3) is 0 Å². The third kappa shape index (κ3) is 2.85. The van der Waals surface area contributed by atoms with Gasteiger partial charge in [-0.1, -0.05) is 18.5 Å². The summed E-state index contributed by atoms with van der Waals surface area (Å²) in [6.45, 7) is 2.80. The second-order valence-corrected chi connectivity index (χ2v) is 4.40. The quantitative estimate of drug-likeness (QED) is 0.901. The summed E-state index contributed by atoms with van der Waals surface area (Å²) in [6.07, 6.45) is 1.62. The van der Waals surface area contributed by atoms with Crippen LogP contribution in [-0.4, -0.2) is 33.6 Å². The van der Waals surface area contributed by atoms with E-state index in [9.17, 15) is 0 Å². The van der Waals surface area contributed by atoms with Crippen molar-refractivity contribution >= 4 is 11.6 Å². The van der Waals surface area contributed by atoms with Gasteiger partial charge in [0.1, 0.15) is 0 Å². The van der Waals surface area contributed by atoms with Gasteiger partial charge in [-0.25, -0.2) is 0 Å². The molecule has 102 valence electrons. The number of nitrogens with one attached hydrogen (secondary N) is 1. The molecule has 0 fully saturated rings. The van der Waals surface area contributed by atoms with Crippen LogP contribution in [0, 0.1) is 0 Å². The Morgan fingerprint density at radius 2 is 2.21 bits per heavy atom. The van der Waals surface area contributed by atoms with Crippen molar-refractivity contribution in [2.24, 2.45) is 7.05 Å². The second kappa shape index (κ2) is 5.99. The molecular weight excluding hydrogens is 266 g/mol. The molecule has 1 unspecified atom stereocenters. The van der Waals surface area contributed by atoms with E-state index in [2.05, 4.69) is 20.6 Å². The Balaban J connectivity index is 2.39. The van der Waals surface area contributed by atoms with Gasteiger partial charge < -0.3 is 10.1 Å². The molecule has 2 heterocycles. The average molecular weight is 282 g/mol. The second-order valence-electron chi connectivity index (χ2n) is 3.99. The van der Waals surface area contributed by atoms with Gasteiger partial charge in [-0.15, -0.1) is 10.2 Å². The van der Waals surface area contributed by atoms with Crippen molar-refractivity contribution in [1.82, 2.24) is 25.3 Å². The van der Waals surface area contributed by atoms with Gasteiger partial charge in [-0.3, -0.25) is 4.68 Å². The van der Waals surface area contributed by atoms with E-state index >= 15 is 0 Å². The van der Waals surface area contributed by atoms with Crippen LogP contribution in [0.3, 0.4) is 0 Å². The Labute approximate surface area is 116 Å². The summed E-state index contributed by atoms with van der Waals surface area (Å²) in [5.74, 6) is 0.482. The van der Waals surface area contributed by atoms with Gasteiger partial charge in [0.15, 0.2) is 0 Å². The number of aromatic nitrogens is 4. The highest BCUT2D eigenvalue weighted by Gasteiger charge is 2.21. The molecule has 0 radical (unpaired) electrons. The molecular formula is C12H16ClN5O. The lowest BCUT2D eigenvalue weighted by atomic mass is 10.1. The summed E-state index contributed by atoms with van der Waals surface area (Å²) >= 11 is 6.19. The third-order valence-electron chi connectivity index (χ3n) is 2.78. The summed E-state index contributed by atoms with van der Waals surface area (Å²) in [4.78, 5) is 0. The van der Waals surface area contributed by atoms with Crippen molar-refractivity contribution in [2.75, 3.05) is 13.7 Å². The first-order valence-electron chi connectivity index (χ1n) is 5.95. The number of halogens is 1. The van der Waals surface area contributed by atoms with Gasteiger partial charge in [0.2, 0.25) is 5.88 Å². The van der Waals surface area contributed by atoms with Crippen LogP contribution in [0.1, 0.15) is 24.4 Å². The monoisotopic (exact) mass is 281 g/mol. The van der Waals surface area contributed by atoms with E-state index < -0.39 is 0 Å². The van der Waals surface area contributed by atoms with E-state index in [0.29, 0.717) is 10.9 Å². The fourth-order valence-electron chi connectivity index (χ4n) is 1.88.